The van der Waals surface area contributed by atoms with Gasteiger partial charge < -0.3 is 9.13 Å². The molecule has 0 spiro atoms. The van der Waals surface area contributed by atoms with Crippen LogP contribution in [-0.2, 0) is 0 Å². The fourth-order valence-corrected chi connectivity index (χ4v) is 7.22. The zero-order valence-electron chi connectivity index (χ0n) is 25.2. The summed E-state index contributed by atoms with van der Waals surface area (Å²) in [6.45, 7) is 8.72. The fourth-order valence-electron chi connectivity index (χ4n) is 7.22. The SMILES string of the molecule is Cc1cccc2c3cccc(C)c3n(-c3cncc(-n4c5c(C)cccc5c5cccc(C)c54)c3-c3cccc(C#N)c3)c12. The summed E-state index contributed by atoms with van der Waals surface area (Å²) in [5.74, 6) is 0. The van der Waals surface area contributed by atoms with Gasteiger partial charge in [0.2, 0.25) is 0 Å². The summed E-state index contributed by atoms with van der Waals surface area (Å²) < 4.78 is 4.79. The van der Waals surface area contributed by atoms with Gasteiger partial charge in [0.05, 0.1) is 57.5 Å². The number of benzene rings is 5. The summed E-state index contributed by atoms with van der Waals surface area (Å²) in [6, 6.07) is 36.5. The third-order valence-corrected chi connectivity index (χ3v) is 9.09. The number of hydrogen-bond acceptors (Lipinski definition) is 2. The molecule has 0 aliphatic rings. The van der Waals surface area contributed by atoms with Crippen molar-refractivity contribution in [1.29, 1.82) is 5.26 Å². The highest BCUT2D eigenvalue weighted by Crippen LogP contribution is 2.43. The Labute approximate surface area is 256 Å². The molecule has 4 nitrogen and oxygen atoms in total. The maximum absolute atomic E-state index is 9.95. The summed E-state index contributed by atoms with van der Waals surface area (Å²) in [6.07, 6.45) is 3.98. The smallest absolute Gasteiger partial charge is 0.0991 e. The predicted octanol–water partition coefficient (Wildman–Crippen LogP) is 10.0. The second-order valence-corrected chi connectivity index (χ2v) is 11.8. The number of fused-ring (bicyclic) bond motifs is 6. The molecule has 0 bridgehead atoms. The monoisotopic (exact) mass is 566 g/mol. The minimum absolute atomic E-state index is 0.625. The molecule has 3 aromatic heterocycles. The Bertz CT molecular complexity index is 2240. The molecule has 0 amide bonds. The molecule has 0 fully saturated rings. The molecule has 0 aliphatic heterocycles. The van der Waals surface area contributed by atoms with Gasteiger partial charge in [-0.05, 0) is 67.6 Å². The Balaban J connectivity index is 1.62. The Kier molecular flexibility index (Phi) is 5.73. The number of rotatable bonds is 3. The van der Waals surface area contributed by atoms with Crippen molar-refractivity contribution in [2.24, 2.45) is 0 Å². The van der Waals surface area contributed by atoms with Crippen molar-refractivity contribution in [3.8, 4) is 28.6 Å². The summed E-state index contributed by atoms with van der Waals surface area (Å²) >= 11 is 0. The lowest BCUT2D eigenvalue weighted by Crippen LogP contribution is -2.06. The number of aromatic nitrogens is 3. The van der Waals surface area contributed by atoms with Crippen LogP contribution in [0.3, 0.4) is 0 Å². The molecule has 8 rings (SSSR count). The minimum Gasteiger partial charge on any atom is -0.306 e. The van der Waals surface area contributed by atoms with Crippen molar-refractivity contribution in [3.05, 3.63) is 137 Å². The van der Waals surface area contributed by atoms with Crippen molar-refractivity contribution in [1.82, 2.24) is 14.1 Å². The largest absolute Gasteiger partial charge is 0.306 e. The third kappa shape index (κ3) is 3.60. The van der Waals surface area contributed by atoms with Crippen molar-refractivity contribution in [2.75, 3.05) is 0 Å². The average molecular weight is 567 g/mol. The highest BCUT2D eigenvalue weighted by Gasteiger charge is 2.24. The van der Waals surface area contributed by atoms with Gasteiger partial charge in [0.15, 0.2) is 0 Å². The molecule has 3 heterocycles. The second-order valence-electron chi connectivity index (χ2n) is 11.8. The maximum atomic E-state index is 9.95. The lowest BCUT2D eigenvalue weighted by molar-refractivity contribution is 1.08. The van der Waals surface area contributed by atoms with Crippen molar-refractivity contribution >= 4 is 43.6 Å². The number of aryl methyl sites for hydroxylation is 4. The Morgan fingerprint density at radius 1 is 0.523 bits per heavy atom. The molecule has 0 saturated heterocycles. The van der Waals surface area contributed by atoms with E-state index in [2.05, 4.69) is 122 Å². The molecule has 0 aliphatic carbocycles. The summed E-state index contributed by atoms with van der Waals surface area (Å²) in [5, 5.41) is 14.8. The quantitative estimate of drug-likeness (QED) is 0.214. The van der Waals surface area contributed by atoms with E-state index in [9.17, 15) is 5.26 Å². The van der Waals surface area contributed by atoms with Crippen LogP contribution in [0.15, 0.2) is 109 Å². The number of para-hydroxylation sites is 4. The van der Waals surface area contributed by atoms with E-state index in [0.29, 0.717) is 5.56 Å². The van der Waals surface area contributed by atoms with E-state index < -0.39 is 0 Å². The van der Waals surface area contributed by atoms with Crippen molar-refractivity contribution in [2.45, 2.75) is 27.7 Å². The van der Waals surface area contributed by atoms with Gasteiger partial charge in [0.1, 0.15) is 0 Å². The number of hydrogen-bond donors (Lipinski definition) is 0. The first kappa shape index (κ1) is 26.0. The Morgan fingerprint density at radius 2 is 0.909 bits per heavy atom. The van der Waals surface area contributed by atoms with Gasteiger partial charge in [0, 0.05) is 27.1 Å². The molecule has 44 heavy (non-hydrogen) atoms. The van der Waals surface area contributed by atoms with Crippen LogP contribution < -0.4 is 0 Å². The highest BCUT2D eigenvalue weighted by molar-refractivity contribution is 6.13. The first-order valence-corrected chi connectivity index (χ1v) is 15.0. The van der Waals surface area contributed by atoms with Gasteiger partial charge in [-0.2, -0.15) is 5.26 Å². The van der Waals surface area contributed by atoms with E-state index in [-0.39, 0.29) is 0 Å². The van der Waals surface area contributed by atoms with Crippen LogP contribution in [0.25, 0.3) is 66.1 Å². The van der Waals surface area contributed by atoms with Gasteiger partial charge in [-0.3, -0.25) is 4.98 Å². The molecule has 0 N–H and O–H groups in total. The zero-order chi connectivity index (χ0) is 30.1. The first-order valence-electron chi connectivity index (χ1n) is 15.0. The molecular formula is C40H30N4. The van der Waals surface area contributed by atoms with Crippen molar-refractivity contribution in [3.63, 3.8) is 0 Å². The van der Waals surface area contributed by atoms with E-state index in [4.69, 9.17) is 4.98 Å². The minimum atomic E-state index is 0.625. The second kappa shape index (κ2) is 9.69. The molecule has 0 radical (unpaired) electrons. The van der Waals surface area contributed by atoms with Crippen LogP contribution in [0.5, 0.6) is 0 Å². The van der Waals surface area contributed by atoms with E-state index in [1.54, 1.807) is 0 Å². The fraction of sp³-hybridized carbons (Fsp3) is 0.100. The van der Waals surface area contributed by atoms with E-state index in [1.807, 2.05) is 30.6 Å². The van der Waals surface area contributed by atoms with Gasteiger partial charge >= 0.3 is 0 Å². The van der Waals surface area contributed by atoms with Crippen LogP contribution >= 0.6 is 0 Å². The molecule has 8 aromatic rings. The zero-order valence-corrected chi connectivity index (χ0v) is 25.2. The number of nitrogens with zero attached hydrogens (tertiary/aromatic N) is 4. The van der Waals surface area contributed by atoms with Gasteiger partial charge in [-0.25, -0.2) is 0 Å². The lowest BCUT2D eigenvalue weighted by atomic mass is 10.00. The summed E-state index contributed by atoms with van der Waals surface area (Å²) in [4.78, 5) is 4.96. The Hall–Kier alpha value is -5.66. The standard InChI is InChI=1S/C40H30N4/c1-24-10-5-16-30-31-17-6-11-25(2)38(31)43(37(24)30)34-22-42-23-35(36(34)29-15-9-14-28(20-29)21-41)44-39-26(3)12-7-18-32(39)33-19-8-13-27(4)40(33)44/h5-20,22-23H,1-4H3. The normalized spacial score (nSPS) is 11.6. The molecule has 4 heteroatoms. The number of nitriles is 1. The molecular weight excluding hydrogens is 536 g/mol. The van der Waals surface area contributed by atoms with Crippen LogP contribution in [0.2, 0.25) is 0 Å². The molecule has 0 saturated carbocycles. The summed E-state index contributed by atoms with van der Waals surface area (Å²) in [5.41, 5.74) is 14.1. The third-order valence-electron chi connectivity index (χ3n) is 9.09. The Morgan fingerprint density at radius 3 is 1.30 bits per heavy atom. The van der Waals surface area contributed by atoms with E-state index >= 15 is 0 Å². The summed E-state index contributed by atoms with van der Waals surface area (Å²) in [7, 11) is 0. The van der Waals surface area contributed by atoms with Crippen LogP contribution in [0, 0.1) is 39.0 Å². The topological polar surface area (TPSA) is 46.5 Å². The molecule has 210 valence electrons. The molecule has 0 atom stereocenters. The highest BCUT2D eigenvalue weighted by atomic mass is 15.0. The van der Waals surface area contributed by atoms with E-state index in [1.165, 1.54) is 65.9 Å². The molecule has 5 aromatic carbocycles. The van der Waals surface area contributed by atoms with Crippen LogP contribution in [0.1, 0.15) is 27.8 Å². The van der Waals surface area contributed by atoms with Gasteiger partial charge in [-0.15, -0.1) is 0 Å². The lowest BCUT2D eigenvalue weighted by Gasteiger charge is -2.21. The van der Waals surface area contributed by atoms with Crippen molar-refractivity contribution < 1.29 is 0 Å². The van der Waals surface area contributed by atoms with Gasteiger partial charge in [-0.1, -0.05) is 84.9 Å². The van der Waals surface area contributed by atoms with Crippen LogP contribution in [-0.4, -0.2) is 14.1 Å². The van der Waals surface area contributed by atoms with Crippen LogP contribution in [0.4, 0.5) is 0 Å². The predicted molar refractivity (Wildman–Crippen MR) is 182 cm³/mol. The number of pyridine rings is 1. The van der Waals surface area contributed by atoms with E-state index in [0.717, 1.165) is 22.5 Å². The first-order chi connectivity index (χ1) is 21.5. The van der Waals surface area contributed by atoms with Gasteiger partial charge in [0.25, 0.3) is 0 Å². The maximum Gasteiger partial charge on any atom is 0.0991 e. The molecule has 0 unspecified atom stereocenters. The average Bonchev–Trinajstić information content (AvgIpc) is 3.57.